The van der Waals surface area contributed by atoms with E-state index in [9.17, 15) is 0 Å². The number of aromatic nitrogens is 2. The highest BCUT2D eigenvalue weighted by Gasteiger charge is 2.13. The summed E-state index contributed by atoms with van der Waals surface area (Å²) < 4.78 is 7.03. The van der Waals surface area contributed by atoms with Crippen molar-refractivity contribution in [3.8, 4) is 0 Å². The third-order valence-electron chi connectivity index (χ3n) is 2.41. The van der Waals surface area contributed by atoms with E-state index in [0.717, 1.165) is 44.2 Å². The van der Waals surface area contributed by atoms with Crippen molar-refractivity contribution >= 4 is 5.69 Å². The number of anilines is 1. The summed E-state index contributed by atoms with van der Waals surface area (Å²) in [6.07, 6.45) is 1.84. The molecule has 14 heavy (non-hydrogen) atoms. The highest BCUT2D eigenvalue weighted by Crippen LogP contribution is 2.11. The normalized spacial score (nSPS) is 18.6. The lowest BCUT2D eigenvalue weighted by atomic mass is 10.3. The van der Waals surface area contributed by atoms with Crippen molar-refractivity contribution in [2.45, 2.75) is 6.54 Å². The van der Waals surface area contributed by atoms with Crippen molar-refractivity contribution in [2.75, 3.05) is 32.0 Å². The first kappa shape index (κ1) is 9.48. The van der Waals surface area contributed by atoms with Gasteiger partial charge in [-0.15, -0.1) is 0 Å². The standard InChI is InChI=1S/C9H16N4O/c1-12-6-8(10)9(11-12)7-13-2-4-14-5-3-13/h6H,2-5,7,10H2,1H3. The summed E-state index contributed by atoms with van der Waals surface area (Å²) in [5.74, 6) is 0. The van der Waals surface area contributed by atoms with Crippen molar-refractivity contribution in [1.29, 1.82) is 0 Å². The first-order valence-corrected chi connectivity index (χ1v) is 4.84. The molecule has 1 aromatic heterocycles. The van der Waals surface area contributed by atoms with Gasteiger partial charge in [0, 0.05) is 32.9 Å². The molecule has 1 saturated heterocycles. The van der Waals surface area contributed by atoms with Crippen molar-refractivity contribution < 1.29 is 4.74 Å². The van der Waals surface area contributed by atoms with Gasteiger partial charge in [-0.1, -0.05) is 0 Å². The van der Waals surface area contributed by atoms with Crippen LogP contribution in [0.3, 0.4) is 0 Å². The molecule has 0 amide bonds. The van der Waals surface area contributed by atoms with Gasteiger partial charge in [-0.05, 0) is 0 Å². The van der Waals surface area contributed by atoms with Gasteiger partial charge in [0.15, 0.2) is 0 Å². The van der Waals surface area contributed by atoms with E-state index in [-0.39, 0.29) is 0 Å². The van der Waals surface area contributed by atoms with E-state index in [1.807, 2.05) is 13.2 Å². The summed E-state index contributed by atoms with van der Waals surface area (Å²) in [6, 6.07) is 0. The monoisotopic (exact) mass is 196 g/mol. The third kappa shape index (κ3) is 2.05. The van der Waals surface area contributed by atoms with E-state index in [2.05, 4.69) is 10.00 Å². The van der Waals surface area contributed by atoms with E-state index in [1.54, 1.807) is 4.68 Å². The fourth-order valence-corrected chi connectivity index (χ4v) is 1.65. The molecule has 1 aliphatic rings. The zero-order chi connectivity index (χ0) is 9.97. The van der Waals surface area contributed by atoms with Crippen molar-refractivity contribution in [1.82, 2.24) is 14.7 Å². The molecule has 0 radical (unpaired) electrons. The van der Waals surface area contributed by atoms with Crippen molar-refractivity contribution in [3.63, 3.8) is 0 Å². The highest BCUT2D eigenvalue weighted by molar-refractivity contribution is 5.40. The minimum absolute atomic E-state index is 0.777. The number of hydrogen-bond acceptors (Lipinski definition) is 4. The van der Waals surface area contributed by atoms with E-state index in [0.29, 0.717) is 0 Å². The Bertz CT molecular complexity index is 304. The number of ether oxygens (including phenoxy) is 1. The molecule has 0 aliphatic carbocycles. The van der Waals surface area contributed by atoms with Gasteiger partial charge in [-0.25, -0.2) is 0 Å². The zero-order valence-electron chi connectivity index (χ0n) is 8.44. The third-order valence-corrected chi connectivity index (χ3v) is 2.41. The summed E-state index contributed by atoms with van der Waals surface area (Å²) in [7, 11) is 1.89. The highest BCUT2D eigenvalue weighted by atomic mass is 16.5. The van der Waals surface area contributed by atoms with Crippen LogP contribution in [0.4, 0.5) is 5.69 Å². The maximum Gasteiger partial charge on any atom is 0.0993 e. The fraction of sp³-hybridized carbons (Fsp3) is 0.667. The summed E-state index contributed by atoms with van der Waals surface area (Å²) in [6.45, 7) is 4.39. The summed E-state index contributed by atoms with van der Waals surface area (Å²) in [5, 5.41) is 4.31. The van der Waals surface area contributed by atoms with Crippen molar-refractivity contribution in [2.24, 2.45) is 7.05 Å². The molecule has 2 N–H and O–H groups in total. The van der Waals surface area contributed by atoms with Crippen LogP contribution >= 0.6 is 0 Å². The Morgan fingerprint density at radius 1 is 1.50 bits per heavy atom. The second kappa shape index (κ2) is 3.98. The van der Waals surface area contributed by atoms with E-state index in [4.69, 9.17) is 10.5 Å². The van der Waals surface area contributed by atoms with E-state index < -0.39 is 0 Å². The number of hydrogen-bond donors (Lipinski definition) is 1. The lowest BCUT2D eigenvalue weighted by Crippen LogP contribution is -2.35. The van der Waals surface area contributed by atoms with Crippen molar-refractivity contribution in [3.05, 3.63) is 11.9 Å². The van der Waals surface area contributed by atoms with Crippen LogP contribution in [0.25, 0.3) is 0 Å². The number of nitrogens with zero attached hydrogens (tertiary/aromatic N) is 3. The van der Waals surface area contributed by atoms with Gasteiger partial charge in [0.05, 0.1) is 24.6 Å². The molecule has 0 aromatic carbocycles. The van der Waals surface area contributed by atoms with E-state index >= 15 is 0 Å². The predicted molar refractivity (Wildman–Crippen MR) is 53.7 cm³/mol. The number of nitrogen functional groups attached to an aromatic ring is 1. The van der Waals surface area contributed by atoms with E-state index in [1.165, 1.54) is 0 Å². The predicted octanol–water partition coefficient (Wildman–Crippen LogP) is -0.165. The second-order valence-corrected chi connectivity index (χ2v) is 3.59. The van der Waals surface area contributed by atoms with Crippen LogP contribution in [0, 0.1) is 0 Å². The molecule has 1 aliphatic heterocycles. The summed E-state index contributed by atoms with van der Waals surface area (Å²) in [5.41, 5.74) is 7.56. The Morgan fingerprint density at radius 2 is 2.21 bits per heavy atom. The summed E-state index contributed by atoms with van der Waals surface area (Å²) in [4.78, 5) is 2.31. The molecule has 5 heteroatoms. The molecule has 0 saturated carbocycles. The molecule has 1 fully saturated rings. The molecule has 78 valence electrons. The smallest absolute Gasteiger partial charge is 0.0993 e. The van der Waals surface area contributed by atoms with Crippen LogP contribution < -0.4 is 5.73 Å². The molecule has 2 heterocycles. The van der Waals surface area contributed by atoms with Gasteiger partial charge in [-0.3, -0.25) is 9.58 Å². The molecule has 0 atom stereocenters. The fourth-order valence-electron chi connectivity index (χ4n) is 1.65. The Kier molecular flexibility index (Phi) is 2.69. The number of aryl methyl sites for hydroxylation is 1. The Labute approximate surface area is 83.4 Å². The Balaban J connectivity index is 1.98. The van der Waals surface area contributed by atoms with Crippen LogP contribution in [0.1, 0.15) is 5.69 Å². The van der Waals surface area contributed by atoms with Crippen LogP contribution in [0.2, 0.25) is 0 Å². The van der Waals surface area contributed by atoms with Crippen LogP contribution in [-0.4, -0.2) is 41.0 Å². The zero-order valence-corrected chi connectivity index (χ0v) is 8.44. The molecular formula is C9H16N4O. The molecular weight excluding hydrogens is 180 g/mol. The second-order valence-electron chi connectivity index (χ2n) is 3.59. The largest absolute Gasteiger partial charge is 0.396 e. The molecule has 0 spiro atoms. The Morgan fingerprint density at radius 3 is 2.79 bits per heavy atom. The Hall–Kier alpha value is -1.07. The maximum absolute atomic E-state index is 5.82. The quantitative estimate of drug-likeness (QED) is 0.713. The van der Waals surface area contributed by atoms with Gasteiger partial charge < -0.3 is 10.5 Å². The maximum atomic E-state index is 5.82. The number of rotatable bonds is 2. The molecule has 0 bridgehead atoms. The first-order valence-electron chi connectivity index (χ1n) is 4.84. The van der Waals surface area contributed by atoms with Gasteiger partial charge in [0.2, 0.25) is 0 Å². The van der Waals surface area contributed by atoms with Crippen LogP contribution in [-0.2, 0) is 18.3 Å². The number of morpholine rings is 1. The van der Waals surface area contributed by atoms with Gasteiger partial charge in [-0.2, -0.15) is 5.10 Å². The van der Waals surface area contributed by atoms with Gasteiger partial charge >= 0.3 is 0 Å². The van der Waals surface area contributed by atoms with Crippen LogP contribution in [0.5, 0.6) is 0 Å². The molecule has 0 unspecified atom stereocenters. The number of nitrogens with two attached hydrogens (primary N) is 1. The lowest BCUT2D eigenvalue weighted by Gasteiger charge is -2.25. The SMILES string of the molecule is Cn1cc(N)c(CN2CCOCC2)n1. The average Bonchev–Trinajstić information content (AvgIpc) is 2.47. The lowest BCUT2D eigenvalue weighted by molar-refractivity contribution is 0.0337. The minimum Gasteiger partial charge on any atom is -0.396 e. The molecule has 1 aromatic rings. The molecule has 2 rings (SSSR count). The summed E-state index contributed by atoms with van der Waals surface area (Å²) >= 11 is 0. The topological polar surface area (TPSA) is 56.3 Å². The average molecular weight is 196 g/mol. The first-order chi connectivity index (χ1) is 6.75. The van der Waals surface area contributed by atoms with Gasteiger partial charge in [0.25, 0.3) is 0 Å². The van der Waals surface area contributed by atoms with Crippen LogP contribution in [0.15, 0.2) is 6.20 Å². The minimum atomic E-state index is 0.777. The molecule has 5 nitrogen and oxygen atoms in total. The van der Waals surface area contributed by atoms with Gasteiger partial charge in [0.1, 0.15) is 0 Å².